The molecule has 0 saturated carbocycles. The van der Waals surface area contributed by atoms with Gasteiger partial charge in [0, 0.05) is 24.7 Å². The maximum Gasteiger partial charge on any atom is 0.306 e. The molecule has 4 nitrogen and oxygen atoms in total. The van der Waals surface area contributed by atoms with E-state index in [0.717, 1.165) is 25.4 Å². The molecule has 0 radical (unpaired) electrons. The highest BCUT2D eigenvalue weighted by atomic mass is 35.5. The number of hydrogen-bond donors (Lipinski definition) is 1. The third-order valence-electron chi connectivity index (χ3n) is 3.57. The number of nitrogens with zero attached hydrogens (tertiary/aromatic N) is 1. The van der Waals surface area contributed by atoms with Gasteiger partial charge in [0.05, 0.1) is 5.92 Å². The highest BCUT2D eigenvalue weighted by molar-refractivity contribution is 6.30. The summed E-state index contributed by atoms with van der Waals surface area (Å²) in [5, 5.41) is 9.59. The van der Waals surface area contributed by atoms with Crippen molar-refractivity contribution in [3.63, 3.8) is 0 Å². The van der Waals surface area contributed by atoms with Gasteiger partial charge < -0.3 is 9.84 Å². The number of carboxylic acids is 1. The molecule has 19 heavy (non-hydrogen) atoms. The first kappa shape index (κ1) is 14.2. The van der Waals surface area contributed by atoms with Gasteiger partial charge in [-0.25, -0.2) is 0 Å². The first-order chi connectivity index (χ1) is 9.06. The van der Waals surface area contributed by atoms with Crippen LogP contribution in [0.4, 0.5) is 0 Å². The van der Waals surface area contributed by atoms with E-state index in [-0.39, 0.29) is 11.8 Å². The molecule has 1 aromatic carbocycles. The summed E-state index contributed by atoms with van der Waals surface area (Å²) in [6.07, 6.45) is 0. The second-order valence-corrected chi connectivity index (χ2v) is 5.39. The molecule has 0 aliphatic carbocycles. The van der Waals surface area contributed by atoms with E-state index < -0.39 is 5.97 Å². The second kappa shape index (κ2) is 6.26. The van der Waals surface area contributed by atoms with Crippen molar-refractivity contribution in [3.05, 3.63) is 29.3 Å². The van der Waals surface area contributed by atoms with Crippen LogP contribution < -0.4 is 4.74 Å². The monoisotopic (exact) mass is 283 g/mol. The molecule has 1 fully saturated rings. The minimum Gasteiger partial charge on any atom is -0.492 e. The van der Waals surface area contributed by atoms with Crippen molar-refractivity contribution in [2.75, 3.05) is 26.2 Å². The lowest BCUT2D eigenvalue weighted by Gasteiger charge is -2.41. The maximum atomic E-state index is 10.8. The number of likely N-dealkylation sites (tertiary alicyclic amines) is 1. The summed E-state index contributed by atoms with van der Waals surface area (Å²) in [5.41, 5.74) is 0. The number of rotatable bonds is 6. The van der Waals surface area contributed by atoms with Gasteiger partial charge >= 0.3 is 5.97 Å². The van der Waals surface area contributed by atoms with Gasteiger partial charge in [0.1, 0.15) is 12.4 Å². The molecule has 104 valence electrons. The van der Waals surface area contributed by atoms with E-state index >= 15 is 0 Å². The molecule has 0 bridgehead atoms. The fourth-order valence-corrected chi connectivity index (χ4v) is 2.26. The molecule has 0 spiro atoms. The zero-order valence-electron chi connectivity index (χ0n) is 10.9. The average Bonchev–Trinajstić information content (AvgIpc) is 2.33. The predicted molar refractivity (Wildman–Crippen MR) is 73.7 cm³/mol. The van der Waals surface area contributed by atoms with Gasteiger partial charge in [-0.15, -0.1) is 0 Å². The maximum absolute atomic E-state index is 10.8. The molecule has 1 heterocycles. The summed E-state index contributed by atoms with van der Waals surface area (Å²) < 4.78 is 5.59. The van der Waals surface area contributed by atoms with Gasteiger partial charge in [-0.1, -0.05) is 18.5 Å². The molecule has 2 rings (SSSR count). The van der Waals surface area contributed by atoms with Crippen molar-refractivity contribution in [2.45, 2.75) is 6.92 Å². The molecule has 1 aromatic rings. The largest absolute Gasteiger partial charge is 0.492 e. The lowest BCUT2D eigenvalue weighted by atomic mass is 9.87. The molecule has 1 unspecified atom stereocenters. The normalized spacial score (nSPS) is 17.8. The smallest absolute Gasteiger partial charge is 0.306 e. The zero-order chi connectivity index (χ0) is 13.8. The van der Waals surface area contributed by atoms with E-state index in [1.807, 2.05) is 12.1 Å². The Kier molecular flexibility index (Phi) is 4.66. The Hall–Kier alpha value is -1.26. The highest BCUT2D eigenvalue weighted by Crippen LogP contribution is 2.23. The molecule has 1 saturated heterocycles. The summed E-state index contributed by atoms with van der Waals surface area (Å²) in [4.78, 5) is 13.0. The number of hydrogen-bond acceptors (Lipinski definition) is 3. The van der Waals surface area contributed by atoms with Gasteiger partial charge in [-0.05, 0) is 30.2 Å². The molecular formula is C14H18ClNO3. The van der Waals surface area contributed by atoms with Gasteiger partial charge in [0.15, 0.2) is 0 Å². The van der Waals surface area contributed by atoms with Gasteiger partial charge in [0.25, 0.3) is 0 Å². The Morgan fingerprint density at radius 3 is 2.68 bits per heavy atom. The fraction of sp³-hybridized carbons (Fsp3) is 0.500. The van der Waals surface area contributed by atoms with E-state index in [9.17, 15) is 4.79 Å². The molecule has 1 aliphatic rings. The first-order valence-corrected chi connectivity index (χ1v) is 6.77. The van der Waals surface area contributed by atoms with Crippen molar-refractivity contribution in [3.8, 4) is 5.75 Å². The zero-order valence-corrected chi connectivity index (χ0v) is 11.6. The second-order valence-electron chi connectivity index (χ2n) is 4.95. The van der Waals surface area contributed by atoms with Crippen LogP contribution in [0.5, 0.6) is 5.75 Å². The van der Waals surface area contributed by atoms with Crippen LogP contribution in [0.3, 0.4) is 0 Å². The highest BCUT2D eigenvalue weighted by Gasteiger charge is 2.34. The summed E-state index contributed by atoms with van der Waals surface area (Å²) in [7, 11) is 0. The fourth-order valence-electron chi connectivity index (χ4n) is 2.13. The number of aliphatic carboxylic acids is 1. The van der Waals surface area contributed by atoms with E-state index in [0.29, 0.717) is 11.6 Å². The van der Waals surface area contributed by atoms with Gasteiger partial charge in [0.2, 0.25) is 0 Å². The van der Waals surface area contributed by atoms with E-state index in [4.69, 9.17) is 21.4 Å². The SMILES string of the molecule is CC(C(=O)O)C1CN(CCOc2ccc(Cl)cc2)C1. The van der Waals surface area contributed by atoms with Crippen molar-refractivity contribution >= 4 is 17.6 Å². The summed E-state index contributed by atoms with van der Waals surface area (Å²) in [6.45, 7) is 4.89. The predicted octanol–water partition coefficient (Wildman–Crippen LogP) is 2.37. The van der Waals surface area contributed by atoms with Gasteiger partial charge in [-0.3, -0.25) is 9.69 Å². The quantitative estimate of drug-likeness (QED) is 0.871. The molecular weight excluding hydrogens is 266 g/mol. The van der Waals surface area contributed by atoms with Gasteiger partial charge in [-0.2, -0.15) is 0 Å². The minimum atomic E-state index is -0.706. The lowest BCUT2D eigenvalue weighted by molar-refractivity contribution is -0.145. The van der Waals surface area contributed by atoms with Crippen molar-refractivity contribution in [1.82, 2.24) is 4.90 Å². The van der Waals surface area contributed by atoms with E-state index in [1.54, 1.807) is 19.1 Å². The number of ether oxygens (including phenoxy) is 1. The minimum absolute atomic E-state index is 0.256. The number of benzene rings is 1. The third kappa shape index (κ3) is 3.85. The van der Waals surface area contributed by atoms with Crippen LogP contribution in [-0.4, -0.2) is 42.2 Å². The van der Waals surface area contributed by atoms with Crippen LogP contribution in [0, 0.1) is 11.8 Å². The van der Waals surface area contributed by atoms with E-state index in [1.165, 1.54) is 0 Å². The van der Waals surface area contributed by atoms with Crippen LogP contribution in [0.2, 0.25) is 5.02 Å². The Bertz CT molecular complexity index is 429. The topological polar surface area (TPSA) is 49.8 Å². The molecule has 5 heteroatoms. The van der Waals surface area contributed by atoms with Crippen LogP contribution in [-0.2, 0) is 4.79 Å². The first-order valence-electron chi connectivity index (χ1n) is 6.40. The molecule has 1 atom stereocenters. The molecule has 0 amide bonds. The summed E-state index contributed by atoms with van der Waals surface area (Å²) in [6, 6.07) is 7.28. The summed E-state index contributed by atoms with van der Waals surface area (Å²) in [5.74, 6) is 0.115. The molecule has 1 N–H and O–H groups in total. The van der Waals surface area contributed by atoms with Crippen molar-refractivity contribution in [1.29, 1.82) is 0 Å². The number of carboxylic acid groups (broad SMARTS) is 1. The van der Waals surface area contributed by atoms with Crippen molar-refractivity contribution in [2.24, 2.45) is 11.8 Å². The Morgan fingerprint density at radius 1 is 1.47 bits per heavy atom. The average molecular weight is 284 g/mol. The third-order valence-corrected chi connectivity index (χ3v) is 3.82. The van der Waals surface area contributed by atoms with Crippen LogP contribution in [0.1, 0.15) is 6.92 Å². The Morgan fingerprint density at radius 2 is 2.11 bits per heavy atom. The van der Waals surface area contributed by atoms with Crippen LogP contribution in [0.25, 0.3) is 0 Å². The van der Waals surface area contributed by atoms with Crippen LogP contribution in [0.15, 0.2) is 24.3 Å². The Labute approximate surface area is 117 Å². The Balaban J connectivity index is 1.63. The lowest BCUT2D eigenvalue weighted by Crippen LogP contribution is -2.52. The van der Waals surface area contributed by atoms with Crippen LogP contribution >= 0.6 is 11.6 Å². The van der Waals surface area contributed by atoms with Crippen molar-refractivity contribution < 1.29 is 14.6 Å². The molecule has 1 aliphatic heterocycles. The standard InChI is InChI=1S/C14H18ClNO3/c1-10(14(17)18)11-8-16(9-11)6-7-19-13-4-2-12(15)3-5-13/h2-5,10-11H,6-9H2,1H3,(H,17,18). The molecule has 0 aromatic heterocycles. The number of halogens is 1. The summed E-state index contributed by atoms with van der Waals surface area (Å²) >= 11 is 5.79. The van der Waals surface area contributed by atoms with E-state index in [2.05, 4.69) is 4.90 Å². The number of carbonyl (C=O) groups is 1.